The number of nitrogens with zero attached hydrogens (tertiary/aromatic N) is 6. The lowest BCUT2D eigenvalue weighted by Crippen LogP contribution is -2.49. The van der Waals surface area contributed by atoms with E-state index in [0.29, 0.717) is 52.7 Å². The molecule has 0 amide bonds. The number of piperidine rings is 1. The number of ether oxygens (including phenoxy) is 2. The van der Waals surface area contributed by atoms with E-state index in [1.54, 1.807) is 24.5 Å². The maximum absolute atomic E-state index is 10.7. The molecular formula is C25H29N7O3. The first-order valence-electron chi connectivity index (χ1n) is 12.2. The molecule has 2 bridgehead atoms. The molecule has 10 heteroatoms. The van der Waals surface area contributed by atoms with E-state index >= 15 is 0 Å². The molecule has 1 saturated carbocycles. The number of rotatable bonds is 7. The van der Waals surface area contributed by atoms with Gasteiger partial charge in [0.15, 0.2) is 11.6 Å². The number of anilines is 1. The average Bonchev–Trinajstić information content (AvgIpc) is 3.67. The number of fused-ring (bicyclic) bond motifs is 2. The molecular weight excluding hydrogens is 446 g/mol. The van der Waals surface area contributed by atoms with E-state index < -0.39 is 0 Å². The number of nitrogens with one attached hydrogen (secondary N) is 1. The second-order valence-electron chi connectivity index (χ2n) is 9.55. The Labute approximate surface area is 203 Å². The second-order valence-corrected chi connectivity index (χ2v) is 9.55. The molecule has 1 aromatic carbocycles. The molecule has 3 atom stereocenters. The Bertz CT molecular complexity index is 1210. The minimum atomic E-state index is 0.0441. The van der Waals surface area contributed by atoms with Gasteiger partial charge in [-0.25, -0.2) is 15.0 Å². The first-order chi connectivity index (χ1) is 17.1. The Hall–Kier alpha value is -3.53. The molecule has 3 aromatic rings. The van der Waals surface area contributed by atoms with Gasteiger partial charge in [0.1, 0.15) is 5.75 Å². The molecule has 35 heavy (non-hydrogen) atoms. The Balaban J connectivity index is 1.24. The first kappa shape index (κ1) is 22.0. The van der Waals surface area contributed by atoms with E-state index in [2.05, 4.69) is 35.4 Å². The van der Waals surface area contributed by atoms with Crippen LogP contribution in [-0.4, -0.2) is 68.6 Å². The summed E-state index contributed by atoms with van der Waals surface area (Å²) in [6.07, 6.45) is 10.6. The first-order valence-corrected chi connectivity index (χ1v) is 12.2. The van der Waals surface area contributed by atoms with Crippen molar-refractivity contribution in [1.82, 2.24) is 30.5 Å². The van der Waals surface area contributed by atoms with Crippen LogP contribution in [0.1, 0.15) is 38.5 Å². The van der Waals surface area contributed by atoms with Gasteiger partial charge < -0.3 is 24.8 Å². The highest BCUT2D eigenvalue weighted by Gasteiger charge is 2.41. The van der Waals surface area contributed by atoms with Crippen molar-refractivity contribution in [1.29, 1.82) is 0 Å². The van der Waals surface area contributed by atoms with Crippen molar-refractivity contribution in [3.8, 4) is 40.2 Å². The molecule has 3 fully saturated rings. The van der Waals surface area contributed by atoms with Crippen molar-refractivity contribution in [3.05, 3.63) is 30.6 Å². The van der Waals surface area contributed by atoms with Crippen molar-refractivity contribution in [2.24, 2.45) is 0 Å². The fourth-order valence-corrected chi connectivity index (χ4v) is 5.44. The lowest BCUT2D eigenvalue weighted by Gasteiger charge is -2.38. The Morgan fingerprint density at radius 1 is 0.914 bits per heavy atom. The highest BCUT2D eigenvalue weighted by Crippen LogP contribution is 2.39. The van der Waals surface area contributed by atoms with Crippen LogP contribution in [0, 0.1) is 0 Å². The van der Waals surface area contributed by atoms with Gasteiger partial charge in [-0.3, -0.25) is 0 Å². The Morgan fingerprint density at radius 2 is 1.69 bits per heavy atom. The van der Waals surface area contributed by atoms with E-state index in [-0.39, 0.29) is 11.6 Å². The van der Waals surface area contributed by atoms with Crippen molar-refractivity contribution in [2.45, 2.75) is 62.7 Å². The molecule has 3 aliphatic rings. The van der Waals surface area contributed by atoms with Crippen LogP contribution in [0.25, 0.3) is 22.6 Å². The van der Waals surface area contributed by atoms with Crippen molar-refractivity contribution >= 4 is 5.82 Å². The highest BCUT2D eigenvalue weighted by molar-refractivity contribution is 5.71. The minimum absolute atomic E-state index is 0.0441. The lowest BCUT2D eigenvalue weighted by molar-refractivity contribution is 0.332. The fraction of sp³-hybridized carbons (Fsp3) is 0.480. The number of aromatic hydroxyl groups is 1. The van der Waals surface area contributed by atoms with Crippen LogP contribution in [-0.2, 0) is 0 Å². The zero-order chi connectivity index (χ0) is 23.9. The highest BCUT2D eigenvalue weighted by atomic mass is 16.5. The largest absolute Gasteiger partial charge is 0.507 e. The Kier molecular flexibility index (Phi) is 5.60. The van der Waals surface area contributed by atoms with Gasteiger partial charge in [-0.15, -0.1) is 10.2 Å². The lowest BCUT2D eigenvalue weighted by atomic mass is 9.98. The summed E-state index contributed by atoms with van der Waals surface area (Å²) >= 11 is 0. The number of hydrogen-bond acceptors (Lipinski definition) is 10. The molecule has 4 heterocycles. The smallest absolute Gasteiger partial charge is 0.278 e. The summed E-state index contributed by atoms with van der Waals surface area (Å²) in [5.41, 5.74) is 1.75. The van der Waals surface area contributed by atoms with Gasteiger partial charge in [0.25, 0.3) is 11.8 Å². The number of phenolic OH excluding ortho intramolecular Hbond substituents is 1. The average molecular weight is 476 g/mol. The third-order valence-corrected chi connectivity index (χ3v) is 7.23. The van der Waals surface area contributed by atoms with Gasteiger partial charge in [-0.1, -0.05) is 6.07 Å². The number of methoxy groups -OCH3 is 2. The topological polar surface area (TPSA) is 118 Å². The molecule has 10 nitrogen and oxygen atoms in total. The van der Waals surface area contributed by atoms with Gasteiger partial charge in [0.05, 0.1) is 37.9 Å². The molecule has 6 rings (SSSR count). The standard InChI is InChI=1S/C25H29N7O3/c1-34-24-25(35-2)29-20(12-27-24)14-3-8-19(21(33)9-14)23-26-13-22(30-31-23)32(17-6-7-17)18-10-15-4-5-16(11-18)28-15/h3,8-9,12-13,15-18,28,33H,4-7,10-11H2,1-2H3/t15-,16+,18-. The number of benzene rings is 1. The van der Waals surface area contributed by atoms with Crippen molar-refractivity contribution in [2.75, 3.05) is 19.1 Å². The predicted octanol–water partition coefficient (Wildman–Crippen LogP) is 2.97. The zero-order valence-corrected chi connectivity index (χ0v) is 19.9. The summed E-state index contributed by atoms with van der Waals surface area (Å²) in [6, 6.07) is 7.47. The summed E-state index contributed by atoms with van der Waals surface area (Å²) < 4.78 is 10.4. The zero-order valence-electron chi connectivity index (χ0n) is 19.9. The van der Waals surface area contributed by atoms with Gasteiger partial charge in [-0.2, -0.15) is 0 Å². The third kappa shape index (κ3) is 4.22. The SMILES string of the molecule is COc1ncc(-c2ccc(-c3ncc(N(C4CC4)[C@@H]4C[C@H]5CC[C@@H](C4)N5)nn3)c(O)c2)nc1OC. The molecule has 1 aliphatic carbocycles. The van der Waals surface area contributed by atoms with Gasteiger partial charge in [-0.05, 0) is 50.7 Å². The molecule has 2 saturated heterocycles. The predicted molar refractivity (Wildman–Crippen MR) is 130 cm³/mol. The number of hydrogen-bond donors (Lipinski definition) is 2. The molecule has 182 valence electrons. The van der Waals surface area contributed by atoms with Gasteiger partial charge in [0, 0.05) is 29.7 Å². The number of aromatic nitrogens is 5. The van der Waals surface area contributed by atoms with E-state index in [0.717, 1.165) is 18.7 Å². The van der Waals surface area contributed by atoms with E-state index in [4.69, 9.17) is 9.47 Å². The van der Waals surface area contributed by atoms with Crippen LogP contribution in [0.4, 0.5) is 5.82 Å². The quantitative estimate of drug-likeness (QED) is 0.528. The number of phenols is 1. The summed E-state index contributed by atoms with van der Waals surface area (Å²) in [4.78, 5) is 15.7. The minimum Gasteiger partial charge on any atom is -0.507 e. The monoisotopic (exact) mass is 475 g/mol. The summed E-state index contributed by atoms with van der Waals surface area (Å²) in [6.45, 7) is 0. The molecule has 0 spiro atoms. The van der Waals surface area contributed by atoms with Crippen molar-refractivity contribution < 1.29 is 14.6 Å². The fourth-order valence-electron chi connectivity index (χ4n) is 5.44. The van der Waals surface area contributed by atoms with E-state index in [1.807, 2.05) is 6.07 Å². The molecule has 2 aliphatic heterocycles. The van der Waals surface area contributed by atoms with Crippen LogP contribution < -0.4 is 19.7 Å². The third-order valence-electron chi connectivity index (χ3n) is 7.23. The van der Waals surface area contributed by atoms with Gasteiger partial charge >= 0.3 is 0 Å². The van der Waals surface area contributed by atoms with Crippen LogP contribution in [0.3, 0.4) is 0 Å². The summed E-state index contributed by atoms with van der Waals surface area (Å²) in [5, 5.41) is 23.4. The van der Waals surface area contributed by atoms with Crippen LogP contribution in [0.5, 0.6) is 17.5 Å². The molecule has 2 aromatic heterocycles. The molecule has 0 radical (unpaired) electrons. The maximum atomic E-state index is 10.7. The summed E-state index contributed by atoms with van der Waals surface area (Å²) in [7, 11) is 3.01. The molecule has 0 unspecified atom stereocenters. The second kappa shape index (κ2) is 8.92. The maximum Gasteiger partial charge on any atom is 0.278 e. The molecule has 2 N–H and O–H groups in total. The van der Waals surface area contributed by atoms with Crippen LogP contribution >= 0.6 is 0 Å². The van der Waals surface area contributed by atoms with E-state index in [1.165, 1.54) is 39.9 Å². The normalized spacial score (nSPS) is 23.2. The van der Waals surface area contributed by atoms with Crippen molar-refractivity contribution in [3.63, 3.8) is 0 Å². The van der Waals surface area contributed by atoms with Crippen LogP contribution in [0.15, 0.2) is 30.6 Å². The van der Waals surface area contributed by atoms with Crippen LogP contribution in [0.2, 0.25) is 0 Å². The van der Waals surface area contributed by atoms with E-state index in [9.17, 15) is 5.11 Å². The Morgan fingerprint density at radius 3 is 2.31 bits per heavy atom. The summed E-state index contributed by atoms with van der Waals surface area (Å²) in [5.74, 6) is 1.84. The van der Waals surface area contributed by atoms with Gasteiger partial charge in [0.2, 0.25) is 0 Å².